The van der Waals surface area contributed by atoms with E-state index < -0.39 is 35.1 Å². The van der Waals surface area contributed by atoms with Gasteiger partial charge < -0.3 is 29.3 Å². The summed E-state index contributed by atoms with van der Waals surface area (Å²) in [5.41, 5.74) is -1.72. The minimum atomic E-state index is -1.32. The third-order valence-corrected chi connectivity index (χ3v) is 8.89. The smallest absolute Gasteiger partial charge is 0.249 e. The van der Waals surface area contributed by atoms with Crippen molar-refractivity contribution in [1.82, 2.24) is 9.80 Å². The van der Waals surface area contributed by atoms with E-state index in [1.54, 1.807) is 9.80 Å². The van der Waals surface area contributed by atoms with Gasteiger partial charge in [-0.3, -0.25) is 14.4 Å². The Labute approximate surface area is 236 Å². The number of rotatable bonds is 9. The van der Waals surface area contributed by atoms with Crippen LogP contribution in [0.25, 0.3) is 0 Å². The average Bonchev–Trinajstić information content (AvgIpc) is 3.22. The zero-order chi connectivity index (χ0) is 28.7. The molecule has 2 saturated heterocycles. The Morgan fingerprint density at radius 1 is 1.00 bits per heavy atom. The quantitative estimate of drug-likeness (QED) is 0.474. The highest BCUT2D eigenvalue weighted by molar-refractivity contribution is 6.04. The first-order valence-electron chi connectivity index (χ1n) is 14.6. The fourth-order valence-electron chi connectivity index (χ4n) is 6.99. The number of ether oxygens (including phenoxy) is 2. The Morgan fingerprint density at radius 3 is 2.38 bits per heavy atom. The SMILES string of the molecule is CCCCN1CC=C[C@]23O[C@]4(C)C=CCN(c5ccc(OCC)cc5)C(=O)[C@@H]4[C@H]2C(=O)N([C@@H](CC)CO)C3C1=O. The third kappa shape index (κ3) is 4.34. The largest absolute Gasteiger partial charge is 0.494 e. The summed E-state index contributed by atoms with van der Waals surface area (Å²) in [7, 11) is 0. The Balaban J connectivity index is 1.59. The number of likely N-dealkylation sites (tertiary alicyclic amines) is 1. The average molecular weight is 552 g/mol. The number of unbranched alkanes of at least 4 members (excludes halogenated alkanes) is 1. The fourth-order valence-corrected chi connectivity index (χ4v) is 6.99. The summed E-state index contributed by atoms with van der Waals surface area (Å²) in [5.74, 6) is -1.78. The molecule has 0 saturated carbocycles. The van der Waals surface area contributed by atoms with E-state index in [1.165, 1.54) is 4.90 Å². The van der Waals surface area contributed by atoms with Gasteiger partial charge in [0, 0.05) is 25.3 Å². The molecule has 4 heterocycles. The summed E-state index contributed by atoms with van der Waals surface area (Å²) < 4.78 is 12.4. The maximum atomic E-state index is 14.4. The van der Waals surface area contributed by atoms with Gasteiger partial charge in [-0.1, -0.05) is 44.6 Å². The molecule has 1 aromatic carbocycles. The normalized spacial score (nSPS) is 32.1. The number of hydrogen-bond acceptors (Lipinski definition) is 6. The zero-order valence-corrected chi connectivity index (χ0v) is 23.9. The number of anilines is 1. The second-order valence-corrected chi connectivity index (χ2v) is 11.3. The maximum absolute atomic E-state index is 14.4. The minimum Gasteiger partial charge on any atom is -0.494 e. The van der Waals surface area contributed by atoms with Crippen molar-refractivity contribution in [3.63, 3.8) is 0 Å². The van der Waals surface area contributed by atoms with Crippen LogP contribution in [0, 0.1) is 11.8 Å². The Morgan fingerprint density at radius 2 is 1.73 bits per heavy atom. The van der Waals surface area contributed by atoms with Gasteiger partial charge in [-0.05, 0) is 51.0 Å². The first-order chi connectivity index (χ1) is 19.3. The number of benzene rings is 1. The standard InChI is InChI=1S/C31H41N3O6/c1-5-8-17-32-18-10-16-31-25(28(37)34(21(6-2)20-35)26(31)29(32)38)24-27(36)33(19-9-15-30(24,4)40-31)22-11-13-23(14-12-22)39-7-3/h9-16,21,24-26,35H,5-8,17-20H2,1-4H3/t21-,24-,25-,26?,30+,31-/m0/s1. The lowest BCUT2D eigenvalue weighted by Gasteiger charge is -2.40. The van der Waals surface area contributed by atoms with Gasteiger partial charge in [-0.15, -0.1) is 0 Å². The molecule has 6 atom stereocenters. The van der Waals surface area contributed by atoms with Crippen LogP contribution in [0.15, 0.2) is 48.6 Å². The predicted octanol–water partition coefficient (Wildman–Crippen LogP) is 2.93. The van der Waals surface area contributed by atoms with Crippen molar-refractivity contribution in [3.8, 4) is 5.75 Å². The molecule has 1 N–H and O–H groups in total. The van der Waals surface area contributed by atoms with E-state index in [-0.39, 0.29) is 24.3 Å². The number of carbonyl (C=O) groups is 3. The lowest BCUT2D eigenvalue weighted by molar-refractivity contribution is -0.154. The maximum Gasteiger partial charge on any atom is 0.249 e. The first-order valence-corrected chi connectivity index (χ1v) is 14.6. The van der Waals surface area contributed by atoms with Crippen LogP contribution in [0.1, 0.15) is 47.0 Å². The molecule has 1 unspecified atom stereocenters. The van der Waals surface area contributed by atoms with Gasteiger partial charge in [0.25, 0.3) is 0 Å². The Hall–Kier alpha value is -3.17. The molecule has 216 valence electrons. The van der Waals surface area contributed by atoms with Crippen molar-refractivity contribution in [2.75, 3.05) is 37.7 Å². The van der Waals surface area contributed by atoms with Gasteiger partial charge in [-0.2, -0.15) is 0 Å². The van der Waals surface area contributed by atoms with Crippen LogP contribution in [-0.4, -0.2) is 88.8 Å². The number of aliphatic hydroxyl groups excluding tert-OH is 1. The monoisotopic (exact) mass is 551 g/mol. The molecule has 5 rings (SSSR count). The zero-order valence-electron chi connectivity index (χ0n) is 23.9. The van der Waals surface area contributed by atoms with E-state index >= 15 is 0 Å². The minimum absolute atomic E-state index is 0.193. The summed E-state index contributed by atoms with van der Waals surface area (Å²) in [6.07, 6.45) is 9.80. The molecule has 2 fully saturated rings. The third-order valence-electron chi connectivity index (χ3n) is 8.89. The van der Waals surface area contributed by atoms with Crippen LogP contribution in [0.4, 0.5) is 5.69 Å². The summed E-state index contributed by atoms with van der Waals surface area (Å²) >= 11 is 0. The highest BCUT2D eigenvalue weighted by atomic mass is 16.5. The molecule has 4 aliphatic rings. The van der Waals surface area contributed by atoms with Crippen LogP contribution >= 0.6 is 0 Å². The second-order valence-electron chi connectivity index (χ2n) is 11.3. The van der Waals surface area contributed by atoms with Crippen LogP contribution in [-0.2, 0) is 19.1 Å². The molecule has 0 aliphatic carbocycles. The van der Waals surface area contributed by atoms with E-state index in [2.05, 4.69) is 6.92 Å². The summed E-state index contributed by atoms with van der Waals surface area (Å²) in [6.45, 7) is 9.30. The topological polar surface area (TPSA) is 99.6 Å². The van der Waals surface area contributed by atoms with E-state index in [4.69, 9.17) is 9.47 Å². The van der Waals surface area contributed by atoms with Crippen molar-refractivity contribution >= 4 is 23.4 Å². The fraction of sp³-hybridized carbons (Fsp3) is 0.581. The molecule has 9 nitrogen and oxygen atoms in total. The number of hydrogen-bond donors (Lipinski definition) is 1. The number of nitrogens with zero attached hydrogens (tertiary/aromatic N) is 3. The van der Waals surface area contributed by atoms with Gasteiger partial charge in [0.15, 0.2) is 0 Å². The summed E-state index contributed by atoms with van der Waals surface area (Å²) in [4.78, 5) is 48.0. The predicted molar refractivity (Wildman–Crippen MR) is 151 cm³/mol. The van der Waals surface area contributed by atoms with Crippen molar-refractivity contribution in [3.05, 3.63) is 48.6 Å². The van der Waals surface area contributed by atoms with Crippen LogP contribution in [0.2, 0.25) is 0 Å². The molecular weight excluding hydrogens is 510 g/mol. The van der Waals surface area contributed by atoms with Crippen LogP contribution in [0.3, 0.4) is 0 Å². The highest BCUT2D eigenvalue weighted by Crippen LogP contribution is 2.58. The number of aliphatic hydroxyl groups is 1. The molecule has 0 bridgehead atoms. The molecule has 1 aromatic rings. The second kappa shape index (κ2) is 11.0. The summed E-state index contributed by atoms with van der Waals surface area (Å²) in [6, 6.07) is 5.83. The van der Waals surface area contributed by atoms with Crippen molar-refractivity contribution in [2.45, 2.75) is 70.2 Å². The van der Waals surface area contributed by atoms with Gasteiger partial charge in [-0.25, -0.2) is 0 Å². The lowest BCUT2D eigenvalue weighted by atomic mass is 9.74. The molecule has 9 heteroatoms. The van der Waals surface area contributed by atoms with E-state index in [0.717, 1.165) is 12.8 Å². The number of fused-ring (bicyclic) bond motifs is 2. The lowest BCUT2D eigenvalue weighted by Crippen LogP contribution is -2.58. The van der Waals surface area contributed by atoms with E-state index in [1.807, 2.05) is 69.3 Å². The molecule has 1 spiro atoms. The molecule has 3 amide bonds. The van der Waals surface area contributed by atoms with E-state index in [9.17, 15) is 19.5 Å². The highest BCUT2D eigenvalue weighted by Gasteiger charge is 2.75. The Bertz CT molecular complexity index is 1190. The number of carbonyl (C=O) groups excluding carboxylic acids is 3. The molecule has 4 aliphatic heterocycles. The first kappa shape index (κ1) is 28.4. The number of amides is 3. The van der Waals surface area contributed by atoms with Gasteiger partial charge in [0.05, 0.1) is 36.7 Å². The summed E-state index contributed by atoms with van der Waals surface area (Å²) in [5, 5.41) is 10.3. The van der Waals surface area contributed by atoms with Crippen molar-refractivity contribution in [1.29, 1.82) is 0 Å². The van der Waals surface area contributed by atoms with Crippen LogP contribution in [0.5, 0.6) is 5.75 Å². The Kier molecular flexibility index (Phi) is 7.81. The van der Waals surface area contributed by atoms with Crippen LogP contribution < -0.4 is 9.64 Å². The molecule has 40 heavy (non-hydrogen) atoms. The molecule has 0 aromatic heterocycles. The van der Waals surface area contributed by atoms with E-state index in [0.29, 0.717) is 44.1 Å². The van der Waals surface area contributed by atoms with Crippen molar-refractivity contribution < 1.29 is 29.0 Å². The van der Waals surface area contributed by atoms with Gasteiger partial charge in [0.1, 0.15) is 17.4 Å². The molecular formula is C31H41N3O6. The van der Waals surface area contributed by atoms with Gasteiger partial charge in [0.2, 0.25) is 17.7 Å². The molecule has 0 radical (unpaired) electrons. The van der Waals surface area contributed by atoms with Crippen molar-refractivity contribution in [2.24, 2.45) is 11.8 Å². The van der Waals surface area contributed by atoms with Gasteiger partial charge >= 0.3 is 0 Å².